The van der Waals surface area contributed by atoms with Crippen molar-refractivity contribution in [2.24, 2.45) is 5.41 Å². The van der Waals surface area contributed by atoms with Gasteiger partial charge in [0.15, 0.2) is 0 Å². The number of carbonyl (C=O) groups is 1. The van der Waals surface area contributed by atoms with Gasteiger partial charge in [-0.25, -0.2) is 0 Å². The molecule has 4 heterocycles. The van der Waals surface area contributed by atoms with Crippen molar-refractivity contribution in [3.05, 3.63) is 71.2 Å². The SMILES string of the molecule is CC(C)c1ccc([C@](O)(c2cncc(-c3cc(C4(C)CCC(=O)NC4)[nH]n3)c2)C2(C)CN(C)C2)cc1. The Kier molecular flexibility index (Phi) is 6.04. The van der Waals surface area contributed by atoms with Crippen LogP contribution in [0, 0.1) is 5.41 Å². The van der Waals surface area contributed by atoms with E-state index in [9.17, 15) is 9.90 Å². The fourth-order valence-corrected chi connectivity index (χ4v) is 5.99. The zero-order valence-corrected chi connectivity index (χ0v) is 21.9. The first-order chi connectivity index (χ1) is 17.0. The highest BCUT2D eigenvalue weighted by atomic mass is 16.3. The van der Waals surface area contributed by atoms with Crippen LogP contribution in [0.1, 0.15) is 68.8 Å². The lowest BCUT2D eigenvalue weighted by Crippen LogP contribution is -2.63. The lowest BCUT2D eigenvalue weighted by molar-refractivity contribution is -0.127. The number of pyridine rings is 1. The molecule has 0 aliphatic carbocycles. The number of rotatable bonds is 6. The van der Waals surface area contributed by atoms with Gasteiger partial charge in [0.1, 0.15) is 5.60 Å². The van der Waals surface area contributed by atoms with Gasteiger partial charge in [0.25, 0.3) is 0 Å². The molecule has 2 aliphatic rings. The van der Waals surface area contributed by atoms with E-state index in [1.54, 1.807) is 12.4 Å². The molecule has 0 spiro atoms. The summed E-state index contributed by atoms with van der Waals surface area (Å²) in [5.74, 6) is 0.524. The summed E-state index contributed by atoms with van der Waals surface area (Å²) in [5.41, 5.74) is 3.80. The number of aliphatic hydroxyl groups is 1. The predicted octanol–water partition coefficient (Wildman–Crippen LogP) is 3.95. The van der Waals surface area contributed by atoms with E-state index in [1.807, 2.05) is 12.1 Å². The lowest BCUT2D eigenvalue weighted by atomic mass is 9.62. The van der Waals surface area contributed by atoms with Crippen LogP contribution in [0.4, 0.5) is 0 Å². The topological polar surface area (TPSA) is 94.1 Å². The third kappa shape index (κ3) is 4.04. The summed E-state index contributed by atoms with van der Waals surface area (Å²) >= 11 is 0. The van der Waals surface area contributed by atoms with Gasteiger partial charge in [0.05, 0.1) is 5.69 Å². The Morgan fingerprint density at radius 3 is 2.42 bits per heavy atom. The van der Waals surface area contributed by atoms with E-state index in [4.69, 9.17) is 0 Å². The van der Waals surface area contributed by atoms with Crippen molar-refractivity contribution in [3.8, 4) is 11.3 Å². The standard InChI is InChI=1S/C29H37N5O2/c1-19(2)20-6-8-22(9-7-20)29(36,28(4)17-34(5)18-28)23-12-21(14-30-15-23)24-13-25(33-32-24)27(3)11-10-26(35)31-16-27/h6-9,12-15,19,36H,10-11,16-18H2,1-5H3,(H,31,35)(H,32,33)/t27?,29-/m0/s1. The molecule has 2 aromatic heterocycles. The number of likely N-dealkylation sites (tertiary alicyclic amines) is 1. The molecule has 7 nitrogen and oxygen atoms in total. The van der Waals surface area contributed by atoms with Gasteiger partial charge >= 0.3 is 0 Å². The summed E-state index contributed by atoms with van der Waals surface area (Å²) in [5, 5.41) is 23.3. The summed E-state index contributed by atoms with van der Waals surface area (Å²) in [6.45, 7) is 10.8. The summed E-state index contributed by atoms with van der Waals surface area (Å²) in [6, 6.07) is 12.5. The maximum atomic E-state index is 12.5. The Labute approximate surface area is 213 Å². The molecule has 36 heavy (non-hydrogen) atoms. The number of amides is 1. The van der Waals surface area contributed by atoms with Gasteiger partial charge < -0.3 is 15.3 Å². The van der Waals surface area contributed by atoms with Gasteiger partial charge in [-0.1, -0.05) is 52.0 Å². The lowest BCUT2D eigenvalue weighted by Gasteiger charge is -2.55. The van der Waals surface area contributed by atoms with Crippen molar-refractivity contribution in [1.29, 1.82) is 0 Å². The molecular weight excluding hydrogens is 450 g/mol. The van der Waals surface area contributed by atoms with Gasteiger partial charge in [0.2, 0.25) is 5.91 Å². The molecule has 190 valence electrons. The molecule has 7 heteroatoms. The fraction of sp³-hybridized carbons (Fsp3) is 0.483. The zero-order chi connectivity index (χ0) is 25.7. The number of aromatic amines is 1. The number of benzene rings is 1. The van der Waals surface area contributed by atoms with E-state index in [0.29, 0.717) is 18.9 Å². The van der Waals surface area contributed by atoms with Crippen LogP contribution < -0.4 is 5.32 Å². The van der Waals surface area contributed by atoms with E-state index in [1.165, 1.54) is 5.56 Å². The second kappa shape index (κ2) is 8.82. The molecular formula is C29H37N5O2. The largest absolute Gasteiger partial charge is 0.380 e. The minimum atomic E-state index is -1.20. The summed E-state index contributed by atoms with van der Waals surface area (Å²) < 4.78 is 0. The van der Waals surface area contributed by atoms with Crippen molar-refractivity contribution >= 4 is 5.91 Å². The summed E-state index contributed by atoms with van der Waals surface area (Å²) in [4.78, 5) is 18.5. The van der Waals surface area contributed by atoms with Crippen LogP contribution in [0.15, 0.2) is 48.8 Å². The predicted molar refractivity (Wildman–Crippen MR) is 141 cm³/mol. The van der Waals surface area contributed by atoms with Crippen LogP contribution in [0.3, 0.4) is 0 Å². The number of nitrogens with zero attached hydrogens (tertiary/aromatic N) is 3. The Morgan fingerprint density at radius 1 is 1.08 bits per heavy atom. The van der Waals surface area contributed by atoms with Crippen LogP contribution in [0.5, 0.6) is 0 Å². The Hall–Kier alpha value is -3.03. The van der Waals surface area contributed by atoms with Crippen LogP contribution in [-0.2, 0) is 15.8 Å². The Balaban J connectivity index is 1.53. The minimum Gasteiger partial charge on any atom is -0.380 e. The molecule has 3 N–H and O–H groups in total. The number of aromatic nitrogens is 3. The summed E-state index contributed by atoms with van der Waals surface area (Å²) in [7, 11) is 2.08. The molecule has 2 aliphatic heterocycles. The highest BCUT2D eigenvalue weighted by Gasteiger charge is 2.55. The zero-order valence-electron chi connectivity index (χ0n) is 21.9. The van der Waals surface area contributed by atoms with Crippen LogP contribution >= 0.6 is 0 Å². The first kappa shape index (κ1) is 24.7. The van der Waals surface area contributed by atoms with Crippen molar-refractivity contribution in [2.75, 3.05) is 26.7 Å². The molecule has 5 rings (SSSR count). The normalized spacial score (nSPS) is 23.7. The fourth-order valence-electron chi connectivity index (χ4n) is 5.99. The van der Waals surface area contributed by atoms with Crippen LogP contribution in [0.25, 0.3) is 11.3 Å². The second-order valence-corrected chi connectivity index (χ2v) is 11.7. The highest BCUT2D eigenvalue weighted by molar-refractivity contribution is 5.77. The van der Waals surface area contributed by atoms with Crippen LogP contribution in [0.2, 0.25) is 0 Å². The average Bonchev–Trinajstić information content (AvgIpc) is 3.36. The number of H-pyrrole nitrogens is 1. The quantitative estimate of drug-likeness (QED) is 0.490. The molecule has 2 fully saturated rings. The van der Waals surface area contributed by atoms with Gasteiger partial charge in [-0.05, 0) is 42.6 Å². The van der Waals surface area contributed by atoms with E-state index in [2.05, 4.69) is 84.4 Å². The Morgan fingerprint density at radius 2 is 1.81 bits per heavy atom. The van der Waals surface area contributed by atoms with Crippen molar-refractivity contribution < 1.29 is 9.90 Å². The first-order valence-electron chi connectivity index (χ1n) is 12.8. The van der Waals surface area contributed by atoms with Crippen molar-refractivity contribution in [1.82, 2.24) is 25.4 Å². The molecule has 2 atom stereocenters. The first-order valence-corrected chi connectivity index (χ1v) is 12.8. The monoisotopic (exact) mass is 487 g/mol. The third-order valence-corrected chi connectivity index (χ3v) is 8.37. The van der Waals surface area contributed by atoms with E-state index in [-0.39, 0.29) is 16.7 Å². The molecule has 1 aromatic carbocycles. The van der Waals surface area contributed by atoms with Crippen molar-refractivity contribution in [3.63, 3.8) is 0 Å². The number of piperidine rings is 1. The van der Waals surface area contributed by atoms with E-state index in [0.717, 1.165) is 47.6 Å². The molecule has 1 unspecified atom stereocenters. The maximum absolute atomic E-state index is 12.5. The van der Waals surface area contributed by atoms with Gasteiger partial charge in [-0.3, -0.25) is 14.9 Å². The van der Waals surface area contributed by atoms with E-state index < -0.39 is 5.60 Å². The summed E-state index contributed by atoms with van der Waals surface area (Å²) in [6.07, 6.45) is 4.87. The molecule has 1 amide bonds. The number of hydrogen-bond donors (Lipinski definition) is 3. The molecule has 2 saturated heterocycles. The average molecular weight is 488 g/mol. The van der Waals surface area contributed by atoms with Gasteiger partial charge in [-0.15, -0.1) is 0 Å². The molecule has 0 bridgehead atoms. The molecule has 3 aromatic rings. The highest BCUT2D eigenvalue weighted by Crippen LogP contribution is 2.50. The minimum absolute atomic E-state index is 0.0972. The third-order valence-electron chi connectivity index (χ3n) is 8.37. The maximum Gasteiger partial charge on any atom is 0.220 e. The number of carbonyl (C=O) groups excluding carboxylic acids is 1. The number of nitrogens with one attached hydrogen (secondary N) is 2. The van der Waals surface area contributed by atoms with E-state index >= 15 is 0 Å². The Bertz CT molecular complexity index is 1250. The molecule has 0 saturated carbocycles. The number of hydrogen-bond acceptors (Lipinski definition) is 5. The second-order valence-electron chi connectivity index (χ2n) is 11.7. The smallest absolute Gasteiger partial charge is 0.220 e. The van der Waals surface area contributed by atoms with Gasteiger partial charge in [0, 0.05) is 66.1 Å². The van der Waals surface area contributed by atoms with Crippen molar-refractivity contribution in [2.45, 2.75) is 57.5 Å². The van der Waals surface area contributed by atoms with Crippen LogP contribution in [-0.4, -0.2) is 57.8 Å². The molecule has 0 radical (unpaired) electrons. The van der Waals surface area contributed by atoms with Gasteiger partial charge in [-0.2, -0.15) is 5.10 Å².